The fourth-order valence-corrected chi connectivity index (χ4v) is 2.34. The number of hydrogen-bond donors (Lipinski definition) is 5. The lowest BCUT2D eigenvalue weighted by Gasteiger charge is -2.21. The summed E-state index contributed by atoms with van der Waals surface area (Å²) in [6.07, 6.45) is 4.39. The van der Waals surface area contributed by atoms with Crippen LogP contribution < -0.4 is 27.8 Å². The smallest absolute Gasteiger partial charge is 0.407 e. The molecular formula is C16H35N5O4. The van der Waals surface area contributed by atoms with Crippen LogP contribution in [-0.4, -0.2) is 64.0 Å². The molecule has 0 saturated carbocycles. The Morgan fingerprint density at radius 2 is 1.44 bits per heavy atom. The maximum atomic E-state index is 12.0. The normalized spacial score (nSPS) is 13.1. The third kappa shape index (κ3) is 13.5. The van der Waals surface area contributed by atoms with Crippen LogP contribution >= 0.6 is 0 Å². The molecule has 2 amide bonds. The van der Waals surface area contributed by atoms with Crippen molar-refractivity contribution in [3.8, 4) is 0 Å². The van der Waals surface area contributed by atoms with Crippen molar-refractivity contribution in [2.24, 2.45) is 17.2 Å². The summed E-state index contributed by atoms with van der Waals surface area (Å²) in [7, 11) is 1.58. The van der Waals surface area contributed by atoms with Gasteiger partial charge in [0, 0.05) is 7.11 Å². The molecule has 0 aliphatic carbocycles. The number of nitrogens with two attached hydrogens (primary N) is 3. The molecule has 148 valence electrons. The highest BCUT2D eigenvalue weighted by Gasteiger charge is 2.16. The minimum atomic E-state index is -0.527. The Kier molecular flexibility index (Phi) is 15.2. The van der Waals surface area contributed by atoms with Crippen molar-refractivity contribution in [2.45, 2.75) is 50.6 Å². The van der Waals surface area contributed by atoms with Gasteiger partial charge in [-0.05, 0) is 38.8 Å². The van der Waals surface area contributed by atoms with Crippen LogP contribution in [0.1, 0.15) is 38.5 Å². The SMILES string of the molecule is COCC(CCCCN)NC(=O)OC[C@H](CCCCN)NC(=O)CN. The number of carbonyl (C=O) groups is 2. The predicted molar refractivity (Wildman–Crippen MR) is 96.9 cm³/mol. The van der Waals surface area contributed by atoms with Crippen molar-refractivity contribution in [1.82, 2.24) is 10.6 Å². The maximum absolute atomic E-state index is 12.0. The summed E-state index contributed by atoms with van der Waals surface area (Å²) in [6.45, 7) is 1.60. The van der Waals surface area contributed by atoms with E-state index in [2.05, 4.69) is 10.6 Å². The van der Waals surface area contributed by atoms with Crippen LogP contribution in [0.5, 0.6) is 0 Å². The second-order valence-corrected chi connectivity index (χ2v) is 5.93. The van der Waals surface area contributed by atoms with E-state index in [1.165, 1.54) is 0 Å². The molecule has 9 nitrogen and oxygen atoms in total. The van der Waals surface area contributed by atoms with Gasteiger partial charge in [0.15, 0.2) is 0 Å². The van der Waals surface area contributed by atoms with Gasteiger partial charge in [0.1, 0.15) is 6.61 Å². The van der Waals surface area contributed by atoms with E-state index in [9.17, 15) is 9.59 Å². The predicted octanol–water partition coefficient (Wildman–Crippen LogP) is -0.571. The number of ether oxygens (including phenoxy) is 2. The average Bonchev–Trinajstić information content (AvgIpc) is 2.59. The number of carbonyl (C=O) groups excluding carboxylic acids is 2. The Balaban J connectivity index is 4.31. The zero-order chi connectivity index (χ0) is 18.9. The van der Waals surface area contributed by atoms with Gasteiger partial charge in [-0.25, -0.2) is 4.79 Å². The summed E-state index contributed by atoms with van der Waals surface area (Å²) >= 11 is 0. The van der Waals surface area contributed by atoms with Crippen molar-refractivity contribution >= 4 is 12.0 Å². The van der Waals surface area contributed by atoms with Crippen LogP contribution in [0.25, 0.3) is 0 Å². The molecule has 0 aromatic carbocycles. The van der Waals surface area contributed by atoms with Crippen LogP contribution in [0.2, 0.25) is 0 Å². The molecule has 25 heavy (non-hydrogen) atoms. The summed E-state index contributed by atoms with van der Waals surface area (Å²) < 4.78 is 10.4. The third-order valence-electron chi connectivity index (χ3n) is 3.67. The van der Waals surface area contributed by atoms with Gasteiger partial charge < -0.3 is 37.3 Å². The summed E-state index contributed by atoms with van der Waals surface area (Å²) in [6, 6.07) is -0.398. The molecule has 2 atom stereocenters. The molecule has 0 radical (unpaired) electrons. The number of rotatable bonds is 15. The second kappa shape index (κ2) is 16.1. The molecule has 0 fully saturated rings. The van der Waals surface area contributed by atoms with Crippen molar-refractivity contribution in [3.63, 3.8) is 0 Å². The van der Waals surface area contributed by atoms with E-state index in [1.54, 1.807) is 7.11 Å². The number of methoxy groups -OCH3 is 1. The lowest BCUT2D eigenvalue weighted by molar-refractivity contribution is -0.120. The van der Waals surface area contributed by atoms with Crippen molar-refractivity contribution in [2.75, 3.05) is 40.0 Å². The van der Waals surface area contributed by atoms with E-state index >= 15 is 0 Å². The van der Waals surface area contributed by atoms with Gasteiger partial charge in [-0.15, -0.1) is 0 Å². The zero-order valence-electron chi connectivity index (χ0n) is 15.3. The minimum absolute atomic E-state index is 0.0879. The molecule has 0 bridgehead atoms. The molecule has 0 aromatic heterocycles. The highest BCUT2D eigenvalue weighted by molar-refractivity contribution is 5.78. The number of hydrogen-bond acceptors (Lipinski definition) is 7. The first kappa shape index (κ1) is 23.6. The van der Waals surface area contributed by atoms with E-state index < -0.39 is 6.09 Å². The fraction of sp³-hybridized carbons (Fsp3) is 0.875. The molecule has 9 heteroatoms. The number of alkyl carbamates (subject to hydrolysis) is 1. The van der Waals surface area contributed by atoms with Crippen LogP contribution in [0, 0.1) is 0 Å². The van der Waals surface area contributed by atoms with E-state index in [-0.39, 0.29) is 31.1 Å². The van der Waals surface area contributed by atoms with Crippen LogP contribution in [0.3, 0.4) is 0 Å². The number of nitrogens with one attached hydrogen (secondary N) is 2. The van der Waals surface area contributed by atoms with Crippen molar-refractivity contribution < 1.29 is 19.1 Å². The third-order valence-corrected chi connectivity index (χ3v) is 3.67. The number of amides is 2. The Hall–Kier alpha value is -1.42. The Labute approximate surface area is 150 Å². The Morgan fingerprint density at radius 3 is 1.92 bits per heavy atom. The van der Waals surface area contributed by atoms with Gasteiger partial charge >= 0.3 is 6.09 Å². The molecule has 0 aliphatic rings. The van der Waals surface area contributed by atoms with Crippen molar-refractivity contribution in [3.05, 3.63) is 0 Å². The first-order valence-corrected chi connectivity index (χ1v) is 8.89. The molecule has 0 spiro atoms. The second-order valence-electron chi connectivity index (χ2n) is 5.93. The van der Waals surface area contributed by atoms with Gasteiger partial charge in [0.25, 0.3) is 0 Å². The molecule has 0 aromatic rings. The minimum Gasteiger partial charge on any atom is -0.447 e. The summed E-state index contributed by atoms with van der Waals surface area (Å²) in [4.78, 5) is 23.4. The monoisotopic (exact) mass is 361 g/mol. The fourth-order valence-electron chi connectivity index (χ4n) is 2.34. The largest absolute Gasteiger partial charge is 0.447 e. The highest BCUT2D eigenvalue weighted by Crippen LogP contribution is 2.04. The lowest BCUT2D eigenvalue weighted by Crippen LogP contribution is -2.44. The highest BCUT2D eigenvalue weighted by atomic mass is 16.5. The van der Waals surface area contributed by atoms with Crippen LogP contribution in [0.15, 0.2) is 0 Å². The molecular weight excluding hydrogens is 326 g/mol. The topological polar surface area (TPSA) is 155 Å². The summed E-state index contributed by atoms with van der Waals surface area (Å²) in [5, 5.41) is 5.54. The summed E-state index contributed by atoms with van der Waals surface area (Å²) in [5.74, 6) is -0.277. The van der Waals surface area contributed by atoms with Crippen LogP contribution in [0.4, 0.5) is 4.79 Å². The molecule has 0 heterocycles. The van der Waals surface area contributed by atoms with Crippen molar-refractivity contribution in [1.29, 1.82) is 0 Å². The van der Waals surface area contributed by atoms with Gasteiger partial charge in [0.05, 0.1) is 25.2 Å². The van der Waals surface area contributed by atoms with Crippen LogP contribution in [-0.2, 0) is 14.3 Å². The van der Waals surface area contributed by atoms with Gasteiger partial charge in [-0.3, -0.25) is 4.79 Å². The molecule has 0 rings (SSSR count). The standard InChI is InChI=1S/C16H35N5O4/c1-24-11-13(6-2-4-8-17)21-16(23)25-12-14(7-3-5-9-18)20-15(22)10-19/h13-14H,2-12,17-19H2,1H3,(H,20,22)(H,21,23)/t13?,14-/m0/s1. The Bertz CT molecular complexity index is 357. The van der Waals surface area contributed by atoms with E-state index in [0.29, 0.717) is 26.1 Å². The summed E-state index contributed by atoms with van der Waals surface area (Å²) in [5.41, 5.74) is 16.3. The Morgan fingerprint density at radius 1 is 0.880 bits per heavy atom. The average molecular weight is 361 g/mol. The maximum Gasteiger partial charge on any atom is 0.407 e. The zero-order valence-corrected chi connectivity index (χ0v) is 15.3. The van der Waals surface area contributed by atoms with E-state index in [4.69, 9.17) is 26.7 Å². The molecule has 1 unspecified atom stereocenters. The van der Waals surface area contributed by atoms with E-state index in [0.717, 1.165) is 32.1 Å². The number of unbranched alkanes of at least 4 members (excludes halogenated alkanes) is 2. The van der Waals surface area contributed by atoms with Gasteiger partial charge in [-0.2, -0.15) is 0 Å². The first-order valence-electron chi connectivity index (χ1n) is 8.89. The van der Waals surface area contributed by atoms with Gasteiger partial charge in [-0.1, -0.05) is 12.8 Å². The van der Waals surface area contributed by atoms with Gasteiger partial charge in [0.2, 0.25) is 5.91 Å². The molecule has 0 saturated heterocycles. The lowest BCUT2D eigenvalue weighted by atomic mass is 10.1. The first-order chi connectivity index (χ1) is 12.1. The quantitative estimate of drug-likeness (QED) is 0.245. The molecule has 8 N–H and O–H groups in total. The molecule has 0 aliphatic heterocycles. The van der Waals surface area contributed by atoms with E-state index in [1.807, 2.05) is 0 Å².